The van der Waals surface area contributed by atoms with Gasteiger partial charge in [0.15, 0.2) is 0 Å². The lowest BCUT2D eigenvalue weighted by molar-refractivity contribution is 0.160. The molecular weight excluding hydrogens is 243 g/mol. The maximum Gasteiger partial charge on any atom is 0.126 e. The van der Waals surface area contributed by atoms with Crippen molar-refractivity contribution in [3.63, 3.8) is 0 Å². The summed E-state index contributed by atoms with van der Waals surface area (Å²) in [6.07, 6.45) is 2.37. The van der Waals surface area contributed by atoms with Crippen LogP contribution in [0.2, 0.25) is 0 Å². The summed E-state index contributed by atoms with van der Waals surface area (Å²) in [6.45, 7) is 4.14. The van der Waals surface area contributed by atoms with E-state index in [1.807, 2.05) is 0 Å². The fraction of sp³-hybridized carbons (Fsp3) is 0.600. The molecule has 1 aliphatic rings. The van der Waals surface area contributed by atoms with Gasteiger partial charge in [-0.1, -0.05) is 6.07 Å². The van der Waals surface area contributed by atoms with Gasteiger partial charge in [0.25, 0.3) is 0 Å². The zero-order valence-corrected chi connectivity index (χ0v) is 11.9. The lowest BCUT2D eigenvalue weighted by Crippen LogP contribution is -2.39. The van der Waals surface area contributed by atoms with E-state index in [2.05, 4.69) is 30.8 Å². The number of aromatic hydroxyl groups is 1. The minimum Gasteiger partial charge on any atom is -0.508 e. The molecule has 1 heterocycles. The molecule has 0 bridgehead atoms. The van der Waals surface area contributed by atoms with Crippen LogP contribution >= 0.6 is 0 Å². The van der Waals surface area contributed by atoms with Crippen molar-refractivity contribution in [1.29, 1.82) is 0 Å². The number of hydrogen-bond acceptors (Lipinski definition) is 3. The average Bonchev–Trinajstić information content (AvgIpc) is 2.75. The molecule has 2 rings (SSSR count). The zero-order chi connectivity index (χ0) is 14.0. The highest BCUT2D eigenvalue weighted by Gasteiger charge is 2.30. The lowest BCUT2D eigenvalue weighted by atomic mass is 10.0. The first-order valence-corrected chi connectivity index (χ1v) is 6.88. The lowest BCUT2D eigenvalue weighted by Gasteiger charge is -2.32. The van der Waals surface area contributed by atoms with Crippen LogP contribution in [0.1, 0.15) is 31.4 Å². The third-order valence-corrected chi connectivity index (χ3v) is 3.94. The summed E-state index contributed by atoms with van der Waals surface area (Å²) in [5, 5.41) is 9.91. The van der Waals surface area contributed by atoms with Gasteiger partial charge in [-0.2, -0.15) is 0 Å². The third kappa shape index (κ3) is 3.25. The molecule has 1 aliphatic heterocycles. The van der Waals surface area contributed by atoms with Crippen LogP contribution in [0, 0.1) is 5.82 Å². The molecule has 1 aromatic rings. The van der Waals surface area contributed by atoms with Crippen molar-refractivity contribution in [3.8, 4) is 5.75 Å². The summed E-state index contributed by atoms with van der Waals surface area (Å²) in [5.74, 6) is -0.331. The zero-order valence-electron chi connectivity index (χ0n) is 11.9. The van der Waals surface area contributed by atoms with E-state index in [-0.39, 0.29) is 17.6 Å². The SMILES string of the molecule is CC(c1ccc(F)cc1O)N1CCCC1CN(C)C. The number of phenols is 1. The summed E-state index contributed by atoms with van der Waals surface area (Å²) < 4.78 is 13.1. The van der Waals surface area contributed by atoms with Crippen molar-refractivity contribution in [2.75, 3.05) is 27.2 Å². The fourth-order valence-corrected chi connectivity index (χ4v) is 3.03. The maximum atomic E-state index is 13.1. The van der Waals surface area contributed by atoms with Gasteiger partial charge < -0.3 is 10.0 Å². The number of likely N-dealkylation sites (N-methyl/N-ethyl adjacent to an activating group) is 1. The molecule has 0 spiro atoms. The molecule has 1 fully saturated rings. The van der Waals surface area contributed by atoms with Gasteiger partial charge in [0, 0.05) is 30.3 Å². The fourth-order valence-electron chi connectivity index (χ4n) is 3.03. The Hall–Kier alpha value is -1.13. The smallest absolute Gasteiger partial charge is 0.126 e. The number of likely N-dealkylation sites (tertiary alicyclic amines) is 1. The van der Waals surface area contributed by atoms with E-state index >= 15 is 0 Å². The van der Waals surface area contributed by atoms with E-state index in [1.54, 1.807) is 6.07 Å². The Balaban J connectivity index is 2.15. The van der Waals surface area contributed by atoms with E-state index in [9.17, 15) is 9.50 Å². The minimum atomic E-state index is -0.389. The van der Waals surface area contributed by atoms with Gasteiger partial charge in [-0.05, 0) is 46.5 Å². The van der Waals surface area contributed by atoms with E-state index in [4.69, 9.17) is 0 Å². The van der Waals surface area contributed by atoms with Crippen LogP contribution in [0.15, 0.2) is 18.2 Å². The molecule has 1 N–H and O–H groups in total. The summed E-state index contributed by atoms with van der Waals surface area (Å²) in [4.78, 5) is 4.60. The molecule has 1 aromatic carbocycles. The third-order valence-electron chi connectivity index (χ3n) is 3.94. The topological polar surface area (TPSA) is 26.7 Å². The largest absolute Gasteiger partial charge is 0.508 e. The van der Waals surface area contributed by atoms with Crippen LogP contribution in [0.4, 0.5) is 4.39 Å². The Bertz CT molecular complexity index is 436. The number of nitrogens with zero attached hydrogens (tertiary/aromatic N) is 2. The van der Waals surface area contributed by atoms with E-state index in [0.717, 1.165) is 18.7 Å². The van der Waals surface area contributed by atoms with Crippen molar-refractivity contribution in [3.05, 3.63) is 29.6 Å². The van der Waals surface area contributed by atoms with Gasteiger partial charge >= 0.3 is 0 Å². The van der Waals surface area contributed by atoms with Gasteiger partial charge in [-0.25, -0.2) is 4.39 Å². The quantitative estimate of drug-likeness (QED) is 0.907. The molecule has 2 unspecified atom stereocenters. The molecule has 0 saturated carbocycles. The van der Waals surface area contributed by atoms with Crippen molar-refractivity contribution in [1.82, 2.24) is 9.80 Å². The van der Waals surface area contributed by atoms with Gasteiger partial charge in [0.05, 0.1) is 0 Å². The van der Waals surface area contributed by atoms with Crippen LogP contribution in [-0.4, -0.2) is 48.1 Å². The monoisotopic (exact) mass is 266 g/mol. The maximum absolute atomic E-state index is 13.1. The highest BCUT2D eigenvalue weighted by Crippen LogP contribution is 2.33. The molecule has 1 saturated heterocycles. The molecule has 2 atom stereocenters. The second-order valence-corrected chi connectivity index (χ2v) is 5.68. The summed E-state index contributed by atoms with van der Waals surface area (Å²) in [5.41, 5.74) is 0.812. The van der Waals surface area contributed by atoms with Crippen LogP contribution in [-0.2, 0) is 0 Å². The number of benzene rings is 1. The second-order valence-electron chi connectivity index (χ2n) is 5.68. The molecule has 0 radical (unpaired) electrons. The second kappa shape index (κ2) is 5.88. The van der Waals surface area contributed by atoms with E-state index < -0.39 is 0 Å². The first-order valence-electron chi connectivity index (χ1n) is 6.88. The molecular formula is C15H23FN2O. The number of rotatable bonds is 4. The standard InChI is InChI=1S/C15H23FN2O/c1-11(14-7-6-12(16)9-15(14)19)18-8-4-5-13(18)10-17(2)3/h6-7,9,11,13,19H,4-5,8,10H2,1-3H3. The van der Waals surface area contributed by atoms with Crippen molar-refractivity contribution in [2.45, 2.75) is 31.8 Å². The van der Waals surface area contributed by atoms with E-state index in [0.29, 0.717) is 6.04 Å². The van der Waals surface area contributed by atoms with Crippen LogP contribution in [0.5, 0.6) is 5.75 Å². The van der Waals surface area contributed by atoms with Gasteiger partial charge in [0.1, 0.15) is 11.6 Å². The van der Waals surface area contributed by atoms with Crippen molar-refractivity contribution in [2.24, 2.45) is 0 Å². The van der Waals surface area contributed by atoms with Crippen LogP contribution in [0.25, 0.3) is 0 Å². The predicted molar refractivity (Wildman–Crippen MR) is 74.8 cm³/mol. The van der Waals surface area contributed by atoms with Crippen LogP contribution in [0.3, 0.4) is 0 Å². The highest BCUT2D eigenvalue weighted by molar-refractivity contribution is 5.35. The number of hydrogen-bond donors (Lipinski definition) is 1. The molecule has 0 aromatic heterocycles. The Kier molecular flexibility index (Phi) is 4.42. The highest BCUT2D eigenvalue weighted by atomic mass is 19.1. The Labute approximate surface area is 114 Å². The molecule has 4 heteroatoms. The van der Waals surface area contributed by atoms with Gasteiger partial charge in [0.2, 0.25) is 0 Å². The Morgan fingerprint density at radius 3 is 2.84 bits per heavy atom. The van der Waals surface area contributed by atoms with Crippen molar-refractivity contribution < 1.29 is 9.50 Å². The van der Waals surface area contributed by atoms with Crippen LogP contribution < -0.4 is 0 Å². The summed E-state index contributed by atoms with van der Waals surface area (Å²) >= 11 is 0. The molecule has 19 heavy (non-hydrogen) atoms. The summed E-state index contributed by atoms with van der Waals surface area (Å²) in [7, 11) is 4.16. The first kappa shape index (κ1) is 14.3. The first-order chi connectivity index (χ1) is 8.99. The molecule has 0 amide bonds. The van der Waals surface area contributed by atoms with Crippen molar-refractivity contribution >= 4 is 0 Å². The Morgan fingerprint density at radius 1 is 1.47 bits per heavy atom. The summed E-state index contributed by atoms with van der Waals surface area (Å²) in [6, 6.07) is 4.94. The molecule has 0 aliphatic carbocycles. The number of halogens is 1. The van der Waals surface area contributed by atoms with Gasteiger partial charge in [-0.15, -0.1) is 0 Å². The molecule has 3 nitrogen and oxygen atoms in total. The predicted octanol–water partition coefficient (Wildman–Crippen LogP) is 2.62. The average molecular weight is 266 g/mol. The van der Waals surface area contributed by atoms with Gasteiger partial charge in [-0.3, -0.25) is 4.90 Å². The number of phenolic OH excluding ortho intramolecular Hbond substituents is 1. The van der Waals surface area contributed by atoms with E-state index in [1.165, 1.54) is 25.0 Å². The Morgan fingerprint density at radius 2 is 2.21 bits per heavy atom. The minimum absolute atomic E-state index is 0.0583. The normalized spacial score (nSPS) is 22.1. The molecule has 106 valence electrons.